The fourth-order valence-corrected chi connectivity index (χ4v) is 0.875. The standard InChI is InChI=1S/C9H12O2/c1-3-7(2)9(10)8-4-5-11-6-8/h4-7H,3H2,1-2H3. The Balaban J connectivity index is 2.70. The maximum atomic E-state index is 11.4. The molecule has 11 heavy (non-hydrogen) atoms. The van der Waals surface area contributed by atoms with Crippen LogP contribution in [0.1, 0.15) is 30.6 Å². The summed E-state index contributed by atoms with van der Waals surface area (Å²) in [5.74, 6) is 0.272. The number of furan rings is 1. The Hall–Kier alpha value is -1.05. The first-order chi connectivity index (χ1) is 5.25. The van der Waals surface area contributed by atoms with Crippen LogP contribution in [0.3, 0.4) is 0 Å². The molecule has 0 saturated heterocycles. The molecular weight excluding hydrogens is 140 g/mol. The summed E-state index contributed by atoms with van der Waals surface area (Å²) in [7, 11) is 0. The highest BCUT2D eigenvalue weighted by Crippen LogP contribution is 2.11. The first kappa shape index (κ1) is 8.05. The lowest BCUT2D eigenvalue weighted by atomic mass is 9.99. The second kappa shape index (κ2) is 3.37. The molecule has 1 unspecified atom stereocenters. The highest BCUT2D eigenvalue weighted by molar-refractivity contribution is 5.97. The van der Waals surface area contributed by atoms with E-state index in [0.717, 1.165) is 6.42 Å². The van der Waals surface area contributed by atoms with Gasteiger partial charge in [0.2, 0.25) is 0 Å². The van der Waals surface area contributed by atoms with Crippen LogP contribution >= 0.6 is 0 Å². The van der Waals surface area contributed by atoms with Gasteiger partial charge in [-0.25, -0.2) is 0 Å². The normalized spacial score (nSPS) is 12.9. The summed E-state index contributed by atoms with van der Waals surface area (Å²) >= 11 is 0. The molecule has 0 spiro atoms. The SMILES string of the molecule is CCC(C)C(=O)c1ccoc1. The molecule has 1 aromatic rings. The molecule has 0 radical (unpaired) electrons. The maximum absolute atomic E-state index is 11.4. The molecule has 60 valence electrons. The van der Waals surface area contributed by atoms with Crippen LogP contribution in [-0.2, 0) is 0 Å². The predicted molar refractivity (Wildman–Crippen MR) is 42.5 cm³/mol. The molecule has 1 atom stereocenters. The van der Waals surface area contributed by atoms with Crippen LogP contribution in [0.4, 0.5) is 0 Å². The summed E-state index contributed by atoms with van der Waals surface area (Å²) < 4.78 is 4.81. The van der Waals surface area contributed by atoms with Gasteiger partial charge in [0.15, 0.2) is 5.78 Å². The molecule has 0 N–H and O–H groups in total. The molecule has 0 aromatic carbocycles. The third kappa shape index (κ3) is 1.70. The molecule has 2 heteroatoms. The molecule has 0 fully saturated rings. The van der Waals surface area contributed by atoms with Crippen molar-refractivity contribution in [3.63, 3.8) is 0 Å². The Kier molecular flexibility index (Phi) is 2.47. The van der Waals surface area contributed by atoms with Crippen molar-refractivity contribution in [2.24, 2.45) is 5.92 Å². The van der Waals surface area contributed by atoms with Crippen LogP contribution in [-0.4, -0.2) is 5.78 Å². The molecule has 0 bridgehead atoms. The smallest absolute Gasteiger partial charge is 0.168 e. The Morgan fingerprint density at radius 2 is 2.45 bits per heavy atom. The fraction of sp³-hybridized carbons (Fsp3) is 0.444. The summed E-state index contributed by atoms with van der Waals surface area (Å²) in [6.45, 7) is 3.93. The van der Waals surface area contributed by atoms with E-state index in [0.29, 0.717) is 5.56 Å². The Morgan fingerprint density at radius 3 is 2.91 bits per heavy atom. The lowest BCUT2D eigenvalue weighted by Gasteiger charge is -2.03. The number of carbonyl (C=O) groups is 1. The van der Waals surface area contributed by atoms with E-state index in [-0.39, 0.29) is 11.7 Å². The summed E-state index contributed by atoms with van der Waals surface area (Å²) in [5, 5.41) is 0. The predicted octanol–water partition coefficient (Wildman–Crippen LogP) is 2.51. The molecule has 0 saturated carbocycles. The zero-order chi connectivity index (χ0) is 8.27. The maximum Gasteiger partial charge on any atom is 0.168 e. The highest BCUT2D eigenvalue weighted by Gasteiger charge is 2.13. The number of rotatable bonds is 3. The van der Waals surface area contributed by atoms with Crippen molar-refractivity contribution in [3.05, 3.63) is 24.2 Å². The van der Waals surface area contributed by atoms with E-state index in [1.165, 1.54) is 12.5 Å². The minimum atomic E-state index is 0.104. The summed E-state index contributed by atoms with van der Waals surface area (Å²) in [6, 6.07) is 1.70. The highest BCUT2D eigenvalue weighted by atomic mass is 16.3. The minimum Gasteiger partial charge on any atom is -0.472 e. The largest absolute Gasteiger partial charge is 0.472 e. The van der Waals surface area contributed by atoms with Crippen molar-refractivity contribution in [1.82, 2.24) is 0 Å². The number of ketones is 1. The van der Waals surface area contributed by atoms with Crippen molar-refractivity contribution < 1.29 is 9.21 Å². The molecule has 1 heterocycles. The van der Waals surface area contributed by atoms with Crippen molar-refractivity contribution >= 4 is 5.78 Å². The van der Waals surface area contributed by atoms with Gasteiger partial charge in [-0.2, -0.15) is 0 Å². The number of hydrogen-bond donors (Lipinski definition) is 0. The number of Topliss-reactive ketones (excluding diaryl/α,β-unsaturated/α-hetero) is 1. The van der Waals surface area contributed by atoms with Crippen molar-refractivity contribution in [3.8, 4) is 0 Å². The lowest BCUT2D eigenvalue weighted by molar-refractivity contribution is 0.0926. The van der Waals surface area contributed by atoms with Crippen LogP contribution in [0.15, 0.2) is 23.0 Å². The molecule has 1 aromatic heterocycles. The van der Waals surface area contributed by atoms with Gasteiger partial charge in [-0.1, -0.05) is 13.8 Å². The van der Waals surface area contributed by atoms with Crippen LogP contribution in [0.25, 0.3) is 0 Å². The van der Waals surface area contributed by atoms with Crippen LogP contribution in [0, 0.1) is 5.92 Å². The molecule has 0 aliphatic heterocycles. The minimum absolute atomic E-state index is 0.104. The van der Waals surface area contributed by atoms with Crippen molar-refractivity contribution in [2.75, 3.05) is 0 Å². The molecule has 2 nitrogen and oxygen atoms in total. The Bertz CT molecular complexity index is 224. The van der Waals surface area contributed by atoms with E-state index in [1.807, 2.05) is 13.8 Å². The van der Waals surface area contributed by atoms with E-state index in [2.05, 4.69) is 0 Å². The third-order valence-corrected chi connectivity index (χ3v) is 1.87. The summed E-state index contributed by atoms with van der Waals surface area (Å²) in [6.07, 6.45) is 3.90. The fourth-order valence-electron chi connectivity index (χ4n) is 0.875. The second-order valence-corrected chi connectivity index (χ2v) is 2.69. The third-order valence-electron chi connectivity index (χ3n) is 1.87. The molecule has 0 amide bonds. The van der Waals surface area contributed by atoms with E-state index >= 15 is 0 Å². The van der Waals surface area contributed by atoms with Gasteiger partial charge >= 0.3 is 0 Å². The van der Waals surface area contributed by atoms with E-state index in [4.69, 9.17) is 4.42 Å². The quantitative estimate of drug-likeness (QED) is 0.623. The monoisotopic (exact) mass is 152 g/mol. The van der Waals surface area contributed by atoms with Gasteiger partial charge in [0, 0.05) is 5.92 Å². The zero-order valence-electron chi connectivity index (χ0n) is 6.83. The van der Waals surface area contributed by atoms with Crippen molar-refractivity contribution in [2.45, 2.75) is 20.3 Å². The van der Waals surface area contributed by atoms with Gasteiger partial charge in [-0.05, 0) is 12.5 Å². The van der Waals surface area contributed by atoms with Crippen molar-refractivity contribution in [1.29, 1.82) is 0 Å². The molecule has 0 aliphatic carbocycles. The van der Waals surface area contributed by atoms with E-state index < -0.39 is 0 Å². The van der Waals surface area contributed by atoms with E-state index in [9.17, 15) is 4.79 Å². The number of hydrogen-bond acceptors (Lipinski definition) is 2. The van der Waals surface area contributed by atoms with E-state index in [1.54, 1.807) is 6.07 Å². The first-order valence-corrected chi connectivity index (χ1v) is 3.82. The zero-order valence-corrected chi connectivity index (χ0v) is 6.83. The molecular formula is C9H12O2. The van der Waals surface area contributed by atoms with Gasteiger partial charge in [0.05, 0.1) is 11.8 Å². The van der Waals surface area contributed by atoms with Gasteiger partial charge in [0.1, 0.15) is 6.26 Å². The average molecular weight is 152 g/mol. The lowest BCUT2D eigenvalue weighted by Crippen LogP contribution is -2.08. The molecule has 0 aliphatic rings. The second-order valence-electron chi connectivity index (χ2n) is 2.69. The average Bonchev–Trinajstić information content (AvgIpc) is 2.53. The number of carbonyl (C=O) groups excluding carboxylic acids is 1. The Morgan fingerprint density at radius 1 is 1.73 bits per heavy atom. The van der Waals surface area contributed by atoms with Gasteiger partial charge < -0.3 is 4.42 Å². The Labute approximate surface area is 66.2 Å². The summed E-state index contributed by atoms with van der Waals surface area (Å²) in [5.41, 5.74) is 0.680. The first-order valence-electron chi connectivity index (χ1n) is 3.82. The van der Waals surface area contributed by atoms with Crippen LogP contribution in [0.5, 0.6) is 0 Å². The summed E-state index contributed by atoms with van der Waals surface area (Å²) in [4.78, 5) is 11.4. The van der Waals surface area contributed by atoms with Gasteiger partial charge in [-0.15, -0.1) is 0 Å². The van der Waals surface area contributed by atoms with Crippen LogP contribution in [0.2, 0.25) is 0 Å². The van der Waals surface area contributed by atoms with Gasteiger partial charge in [0.25, 0.3) is 0 Å². The molecule has 1 rings (SSSR count). The van der Waals surface area contributed by atoms with Gasteiger partial charge in [-0.3, -0.25) is 4.79 Å². The topological polar surface area (TPSA) is 30.2 Å². The van der Waals surface area contributed by atoms with Crippen LogP contribution < -0.4 is 0 Å².